The highest BCUT2D eigenvalue weighted by Gasteiger charge is 2.31. The average molecular weight is 486 g/mol. The van der Waals surface area contributed by atoms with Crippen molar-refractivity contribution in [1.29, 1.82) is 0 Å². The molecule has 0 bridgehead atoms. The molecule has 1 aliphatic carbocycles. The fourth-order valence-electron chi connectivity index (χ4n) is 4.36. The van der Waals surface area contributed by atoms with Gasteiger partial charge in [0, 0.05) is 12.6 Å². The Labute approximate surface area is 203 Å². The molecule has 0 aromatic heterocycles. The van der Waals surface area contributed by atoms with Crippen molar-refractivity contribution >= 4 is 27.5 Å². The van der Waals surface area contributed by atoms with Gasteiger partial charge in [0.15, 0.2) is 0 Å². The Hall–Kier alpha value is -2.87. The highest BCUT2D eigenvalue weighted by molar-refractivity contribution is 7.92. The summed E-state index contributed by atoms with van der Waals surface area (Å²) in [5.74, 6) is -0.605. The Morgan fingerprint density at radius 2 is 1.74 bits per heavy atom. The van der Waals surface area contributed by atoms with E-state index in [9.17, 15) is 18.0 Å². The lowest BCUT2D eigenvalue weighted by Crippen LogP contribution is -2.53. The fourth-order valence-corrected chi connectivity index (χ4v) is 5.20. The van der Waals surface area contributed by atoms with E-state index in [0.29, 0.717) is 18.7 Å². The number of nitrogens with zero attached hydrogens (tertiary/aromatic N) is 2. The Balaban J connectivity index is 1.81. The lowest BCUT2D eigenvalue weighted by molar-refractivity contribution is -0.139. The van der Waals surface area contributed by atoms with Gasteiger partial charge in [0.2, 0.25) is 21.8 Å². The Bertz CT molecular complexity index is 1080. The molecular formula is C26H35N3O4S. The van der Waals surface area contributed by atoms with Gasteiger partial charge in [-0.1, -0.05) is 55.3 Å². The molecule has 0 heterocycles. The number of anilines is 1. The average Bonchev–Trinajstić information content (AvgIpc) is 3.30. The van der Waals surface area contributed by atoms with E-state index in [1.54, 1.807) is 25.1 Å². The van der Waals surface area contributed by atoms with Crippen LogP contribution in [0.2, 0.25) is 0 Å². The van der Waals surface area contributed by atoms with Crippen LogP contribution in [-0.4, -0.2) is 56.6 Å². The van der Waals surface area contributed by atoms with E-state index in [1.807, 2.05) is 43.3 Å². The minimum absolute atomic E-state index is 0.140. The quantitative estimate of drug-likeness (QED) is 0.560. The van der Waals surface area contributed by atoms with E-state index < -0.39 is 22.0 Å². The van der Waals surface area contributed by atoms with Crippen molar-refractivity contribution < 1.29 is 18.0 Å². The third-order valence-corrected chi connectivity index (χ3v) is 7.46. The van der Waals surface area contributed by atoms with Crippen LogP contribution in [0.25, 0.3) is 0 Å². The molecule has 1 N–H and O–H groups in total. The van der Waals surface area contributed by atoms with Crippen LogP contribution in [0.1, 0.15) is 43.7 Å². The number of carbonyl (C=O) groups is 2. The van der Waals surface area contributed by atoms with Crippen molar-refractivity contribution in [2.24, 2.45) is 0 Å². The summed E-state index contributed by atoms with van der Waals surface area (Å²) in [5, 5.41) is 3.07. The van der Waals surface area contributed by atoms with Crippen LogP contribution in [-0.2, 0) is 26.0 Å². The van der Waals surface area contributed by atoms with Crippen molar-refractivity contribution in [3.63, 3.8) is 0 Å². The summed E-state index contributed by atoms with van der Waals surface area (Å²) in [6.45, 7) is 3.53. The van der Waals surface area contributed by atoms with Crippen molar-refractivity contribution in [1.82, 2.24) is 10.2 Å². The maximum atomic E-state index is 13.5. The third kappa shape index (κ3) is 7.06. The zero-order chi connectivity index (χ0) is 24.7. The highest BCUT2D eigenvalue weighted by atomic mass is 32.2. The van der Waals surface area contributed by atoms with Gasteiger partial charge in [0.25, 0.3) is 0 Å². The number of aryl methyl sites for hydroxylation is 1. The molecule has 2 aromatic carbocycles. The SMILES string of the molecule is Cc1cccc(N(CC(=O)N(CCc2ccccc2)[C@H](C)C(=O)NC2CCCC2)S(C)(=O)=O)c1. The van der Waals surface area contributed by atoms with E-state index in [1.165, 1.54) is 4.90 Å². The summed E-state index contributed by atoms with van der Waals surface area (Å²) < 4.78 is 26.3. The molecule has 1 aliphatic rings. The Kier molecular flexibility index (Phi) is 8.72. The van der Waals surface area contributed by atoms with Gasteiger partial charge in [-0.3, -0.25) is 13.9 Å². The number of amides is 2. The zero-order valence-corrected chi connectivity index (χ0v) is 21.1. The zero-order valence-electron chi connectivity index (χ0n) is 20.2. The molecule has 0 saturated heterocycles. The van der Waals surface area contributed by atoms with Gasteiger partial charge in [-0.05, 0) is 56.4 Å². The van der Waals surface area contributed by atoms with Crippen LogP contribution in [0.15, 0.2) is 54.6 Å². The van der Waals surface area contributed by atoms with Crippen molar-refractivity contribution in [2.45, 2.75) is 58.0 Å². The first-order chi connectivity index (χ1) is 16.1. The van der Waals surface area contributed by atoms with Gasteiger partial charge in [-0.15, -0.1) is 0 Å². The maximum Gasteiger partial charge on any atom is 0.244 e. The molecule has 1 fully saturated rings. The van der Waals surface area contributed by atoms with Crippen LogP contribution in [0.4, 0.5) is 5.69 Å². The first-order valence-electron chi connectivity index (χ1n) is 11.8. The minimum Gasteiger partial charge on any atom is -0.352 e. The summed E-state index contributed by atoms with van der Waals surface area (Å²) in [5.41, 5.74) is 2.37. The lowest BCUT2D eigenvalue weighted by Gasteiger charge is -2.32. The Morgan fingerprint density at radius 3 is 2.35 bits per heavy atom. The summed E-state index contributed by atoms with van der Waals surface area (Å²) in [7, 11) is -3.71. The van der Waals surface area contributed by atoms with Gasteiger partial charge in [-0.2, -0.15) is 0 Å². The molecule has 0 unspecified atom stereocenters. The van der Waals surface area contributed by atoms with Gasteiger partial charge in [-0.25, -0.2) is 8.42 Å². The van der Waals surface area contributed by atoms with Crippen LogP contribution in [0.5, 0.6) is 0 Å². The van der Waals surface area contributed by atoms with Crippen LogP contribution in [0, 0.1) is 6.92 Å². The van der Waals surface area contributed by atoms with E-state index >= 15 is 0 Å². The highest BCUT2D eigenvalue weighted by Crippen LogP contribution is 2.21. The largest absolute Gasteiger partial charge is 0.352 e. The number of rotatable bonds is 10. The second kappa shape index (κ2) is 11.5. The number of carbonyl (C=O) groups excluding carboxylic acids is 2. The molecule has 2 aromatic rings. The van der Waals surface area contributed by atoms with Crippen molar-refractivity contribution in [3.05, 3.63) is 65.7 Å². The minimum atomic E-state index is -3.71. The Morgan fingerprint density at radius 1 is 1.06 bits per heavy atom. The van der Waals surface area contributed by atoms with E-state index in [4.69, 9.17) is 0 Å². The number of benzene rings is 2. The van der Waals surface area contributed by atoms with Gasteiger partial charge >= 0.3 is 0 Å². The molecule has 0 aliphatic heterocycles. The van der Waals surface area contributed by atoms with Gasteiger partial charge < -0.3 is 10.2 Å². The van der Waals surface area contributed by atoms with Crippen LogP contribution in [0.3, 0.4) is 0 Å². The third-order valence-electron chi connectivity index (χ3n) is 6.32. The van der Waals surface area contributed by atoms with Crippen molar-refractivity contribution in [3.8, 4) is 0 Å². The topological polar surface area (TPSA) is 86.8 Å². The van der Waals surface area contributed by atoms with Gasteiger partial charge in [0.1, 0.15) is 12.6 Å². The second-order valence-corrected chi connectivity index (χ2v) is 11.0. The van der Waals surface area contributed by atoms with E-state index in [-0.39, 0.29) is 18.5 Å². The number of nitrogens with one attached hydrogen (secondary N) is 1. The molecule has 2 amide bonds. The number of sulfonamides is 1. The van der Waals surface area contributed by atoms with Gasteiger partial charge in [0.05, 0.1) is 11.9 Å². The summed E-state index contributed by atoms with van der Waals surface area (Å²) in [6, 6.07) is 16.2. The van der Waals surface area contributed by atoms with Crippen molar-refractivity contribution in [2.75, 3.05) is 23.7 Å². The second-order valence-electron chi connectivity index (χ2n) is 9.10. The summed E-state index contributed by atoms with van der Waals surface area (Å²) in [6.07, 6.45) is 5.74. The maximum absolute atomic E-state index is 13.5. The molecule has 34 heavy (non-hydrogen) atoms. The number of hydrogen-bond acceptors (Lipinski definition) is 4. The predicted octanol–water partition coefficient (Wildman–Crippen LogP) is 3.28. The standard InChI is InChI=1S/C26H35N3O4S/c1-20-10-9-15-24(18-20)29(34(3,32)33)19-25(30)28(17-16-22-11-5-4-6-12-22)21(2)26(31)27-23-13-7-8-14-23/h4-6,9-12,15,18,21,23H,7-8,13-14,16-17,19H2,1-3H3,(H,27,31)/t21-/m1/s1. The molecule has 0 spiro atoms. The summed E-state index contributed by atoms with van der Waals surface area (Å²) >= 11 is 0. The van der Waals surface area contributed by atoms with Crippen LogP contribution >= 0.6 is 0 Å². The first kappa shape index (κ1) is 25.7. The smallest absolute Gasteiger partial charge is 0.244 e. The summed E-state index contributed by atoms with van der Waals surface area (Å²) in [4.78, 5) is 28.0. The predicted molar refractivity (Wildman–Crippen MR) is 135 cm³/mol. The number of hydrogen-bond donors (Lipinski definition) is 1. The molecule has 7 nitrogen and oxygen atoms in total. The lowest BCUT2D eigenvalue weighted by atomic mass is 10.1. The molecule has 3 rings (SSSR count). The molecular weight excluding hydrogens is 450 g/mol. The molecule has 0 radical (unpaired) electrons. The monoisotopic (exact) mass is 485 g/mol. The first-order valence-corrected chi connectivity index (χ1v) is 13.7. The van der Waals surface area contributed by atoms with E-state index in [0.717, 1.165) is 47.4 Å². The molecule has 8 heteroatoms. The molecule has 184 valence electrons. The normalized spacial score (nSPS) is 15.0. The van der Waals surface area contributed by atoms with Crippen LogP contribution < -0.4 is 9.62 Å². The fraction of sp³-hybridized carbons (Fsp3) is 0.462. The molecule has 1 saturated carbocycles. The van der Waals surface area contributed by atoms with E-state index in [2.05, 4.69) is 5.32 Å². The molecule has 1 atom stereocenters.